The summed E-state index contributed by atoms with van der Waals surface area (Å²) in [6, 6.07) is 0.168. The lowest BCUT2D eigenvalue weighted by atomic mass is 10.0. The molecule has 0 radical (unpaired) electrons. The van der Waals surface area contributed by atoms with Crippen LogP contribution < -0.4 is 10.6 Å². The number of aromatic nitrogens is 1. The van der Waals surface area contributed by atoms with Gasteiger partial charge in [-0.25, -0.2) is 9.98 Å². The summed E-state index contributed by atoms with van der Waals surface area (Å²) in [7, 11) is 0. The summed E-state index contributed by atoms with van der Waals surface area (Å²) in [6.45, 7) is 7.82. The Morgan fingerprint density at radius 1 is 1.39 bits per heavy atom. The van der Waals surface area contributed by atoms with Gasteiger partial charge >= 0.3 is 6.18 Å². The van der Waals surface area contributed by atoms with Crippen LogP contribution in [0.15, 0.2) is 10.4 Å². The highest BCUT2D eigenvalue weighted by Gasteiger charge is 2.33. The van der Waals surface area contributed by atoms with E-state index in [4.69, 9.17) is 0 Å². The second-order valence-corrected chi connectivity index (χ2v) is 7.66. The molecule has 28 heavy (non-hydrogen) atoms. The van der Waals surface area contributed by atoms with Gasteiger partial charge in [-0.1, -0.05) is 13.8 Å². The van der Waals surface area contributed by atoms with Gasteiger partial charge in [-0.2, -0.15) is 13.2 Å². The van der Waals surface area contributed by atoms with Gasteiger partial charge in [0, 0.05) is 37.0 Å². The molecule has 1 fully saturated rings. The predicted molar refractivity (Wildman–Crippen MR) is 115 cm³/mol. The summed E-state index contributed by atoms with van der Waals surface area (Å²) in [4.78, 5) is 21.9. The fraction of sp³-hybridized carbons (Fsp3) is 0.706. The van der Waals surface area contributed by atoms with E-state index in [9.17, 15) is 18.0 Å². The van der Waals surface area contributed by atoms with E-state index in [2.05, 4.69) is 20.6 Å². The van der Waals surface area contributed by atoms with Crippen molar-refractivity contribution in [3.63, 3.8) is 0 Å². The molecule has 1 aliphatic rings. The zero-order valence-electron chi connectivity index (χ0n) is 16.2. The van der Waals surface area contributed by atoms with Crippen LogP contribution in [0.25, 0.3) is 0 Å². The van der Waals surface area contributed by atoms with Gasteiger partial charge < -0.3 is 15.5 Å². The van der Waals surface area contributed by atoms with Crippen molar-refractivity contribution in [1.82, 2.24) is 20.5 Å². The highest BCUT2D eigenvalue weighted by atomic mass is 127. The van der Waals surface area contributed by atoms with E-state index in [-0.39, 0.29) is 48.4 Å². The summed E-state index contributed by atoms with van der Waals surface area (Å²) < 4.78 is 37.9. The summed E-state index contributed by atoms with van der Waals surface area (Å²) in [5.74, 6) is 0.710. The van der Waals surface area contributed by atoms with Crippen LogP contribution in [0.5, 0.6) is 0 Å². The van der Waals surface area contributed by atoms with Crippen molar-refractivity contribution in [2.45, 2.75) is 52.4 Å². The van der Waals surface area contributed by atoms with Crippen molar-refractivity contribution in [1.29, 1.82) is 0 Å². The number of thiazole rings is 1. The number of rotatable bonds is 5. The topological polar surface area (TPSA) is 69.6 Å². The van der Waals surface area contributed by atoms with Crippen molar-refractivity contribution in [2.24, 2.45) is 10.9 Å². The maximum Gasteiger partial charge on any atom is 0.434 e. The predicted octanol–water partition coefficient (Wildman–Crippen LogP) is 3.48. The fourth-order valence-electron chi connectivity index (χ4n) is 2.78. The Labute approximate surface area is 184 Å². The summed E-state index contributed by atoms with van der Waals surface area (Å²) in [5.41, 5.74) is -0.877. The van der Waals surface area contributed by atoms with E-state index < -0.39 is 11.9 Å². The number of halogens is 4. The van der Waals surface area contributed by atoms with Gasteiger partial charge in [0.1, 0.15) is 5.01 Å². The number of hydrogen-bond acceptors (Lipinski definition) is 4. The van der Waals surface area contributed by atoms with Gasteiger partial charge in [0.2, 0.25) is 5.91 Å². The Bertz CT molecular complexity index is 657. The average Bonchev–Trinajstić information content (AvgIpc) is 3.09. The highest BCUT2D eigenvalue weighted by molar-refractivity contribution is 14.0. The molecule has 2 rings (SSSR count). The van der Waals surface area contributed by atoms with Gasteiger partial charge in [0.25, 0.3) is 0 Å². The standard InChI is InChI=1S/C17H26F3N5OS.HI/c1-4-21-16(22-9-14-24-13(10-27-14)17(18,19)20)23-12-5-7-25(8-6-12)15(26)11(2)3;/h10-12H,4-9H2,1-3H3,(H2,21,22,23);1H. The zero-order valence-corrected chi connectivity index (χ0v) is 19.3. The molecule has 0 bridgehead atoms. The molecular formula is C17H27F3IN5OS. The molecular weight excluding hydrogens is 506 g/mol. The van der Waals surface area contributed by atoms with E-state index in [1.54, 1.807) is 0 Å². The van der Waals surface area contributed by atoms with E-state index in [0.29, 0.717) is 30.6 Å². The van der Waals surface area contributed by atoms with Gasteiger partial charge in [0.05, 0.1) is 6.54 Å². The largest absolute Gasteiger partial charge is 0.434 e. The van der Waals surface area contributed by atoms with Gasteiger partial charge in [-0.3, -0.25) is 4.79 Å². The number of carbonyl (C=O) groups excluding carboxylic acids is 1. The van der Waals surface area contributed by atoms with E-state index in [1.165, 1.54) is 0 Å². The molecule has 0 saturated carbocycles. The summed E-state index contributed by atoms with van der Waals surface area (Å²) in [6.07, 6.45) is -2.82. The van der Waals surface area contributed by atoms with Crippen molar-refractivity contribution >= 4 is 47.2 Å². The first kappa shape index (κ1) is 24.9. The first-order valence-corrected chi connectivity index (χ1v) is 9.94. The molecule has 2 N–H and O–H groups in total. The first-order valence-electron chi connectivity index (χ1n) is 9.06. The Morgan fingerprint density at radius 2 is 2.04 bits per heavy atom. The number of aliphatic imine (C=N–C) groups is 1. The van der Waals surface area contributed by atoms with Crippen molar-refractivity contribution in [2.75, 3.05) is 19.6 Å². The number of guanidine groups is 1. The lowest BCUT2D eigenvalue weighted by molar-refractivity contribution is -0.140. The van der Waals surface area contributed by atoms with Crippen LogP contribution in [-0.2, 0) is 17.5 Å². The molecule has 6 nitrogen and oxygen atoms in total. The number of carbonyl (C=O) groups is 1. The lowest BCUT2D eigenvalue weighted by Gasteiger charge is -2.34. The molecule has 0 unspecified atom stereocenters. The molecule has 0 spiro atoms. The number of piperidine rings is 1. The smallest absolute Gasteiger partial charge is 0.357 e. The quantitative estimate of drug-likeness (QED) is 0.346. The van der Waals surface area contributed by atoms with E-state index in [0.717, 1.165) is 29.6 Å². The molecule has 0 atom stereocenters. The Morgan fingerprint density at radius 3 is 2.54 bits per heavy atom. The monoisotopic (exact) mass is 533 g/mol. The summed E-state index contributed by atoms with van der Waals surface area (Å²) in [5, 5.41) is 7.73. The molecule has 0 aliphatic carbocycles. The number of nitrogens with one attached hydrogen (secondary N) is 2. The maximum atomic E-state index is 12.6. The third-order valence-corrected chi connectivity index (χ3v) is 5.03. The average molecular weight is 533 g/mol. The maximum absolute atomic E-state index is 12.6. The van der Waals surface area contributed by atoms with Crippen LogP contribution in [-0.4, -0.2) is 47.4 Å². The van der Waals surface area contributed by atoms with Crippen LogP contribution in [0.4, 0.5) is 13.2 Å². The Hall–Kier alpha value is -1.11. The number of hydrogen-bond donors (Lipinski definition) is 2. The van der Waals surface area contributed by atoms with Crippen LogP contribution in [0.3, 0.4) is 0 Å². The number of amides is 1. The first-order chi connectivity index (χ1) is 12.7. The minimum atomic E-state index is -4.43. The number of alkyl halides is 3. The van der Waals surface area contributed by atoms with Crippen molar-refractivity contribution in [3.05, 3.63) is 16.1 Å². The van der Waals surface area contributed by atoms with E-state index in [1.807, 2.05) is 25.7 Å². The molecule has 160 valence electrons. The van der Waals surface area contributed by atoms with Crippen LogP contribution >= 0.6 is 35.3 Å². The normalized spacial score (nSPS) is 16.1. The molecule has 1 aromatic heterocycles. The molecule has 1 aromatic rings. The SMILES string of the molecule is CCNC(=NCc1nc(C(F)(F)F)cs1)NC1CCN(C(=O)C(C)C)CC1.I. The van der Waals surface area contributed by atoms with E-state index >= 15 is 0 Å². The van der Waals surface area contributed by atoms with Crippen LogP contribution in [0, 0.1) is 5.92 Å². The second kappa shape index (κ2) is 11.2. The third-order valence-electron chi connectivity index (χ3n) is 4.20. The fourth-order valence-corrected chi connectivity index (χ4v) is 3.51. The Kier molecular flexibility index (Phi) is 9.95. The second-order valence-electron chi connectivity index (χ2n) is 6.72. The number of likely N-dealkylation sites (tertiary alicyclic amines) is 1. The molecule has 1 amide bonds. The van der Waals surface area contributed by atoms with Crippen LogP contribution in [0.1, 0.15) is 44.3 Å². The lowest BCUT2D eigenvalue weighted by Crippen LogP contribution is -2.50. The molecule has 2 heterocycles. The molecule has 0 aromatic carbocycles. The third kappa shape index (κ3) is 7.37. The van der Waals surface area contributed by atoms with Crippen LogP contribution in [0.2, 0.25) is 0 Å². The minimum absolute atomic E-state index is 0. The number of nitrogens with zero attached hydrogens (tertiary/aromatic N) is 3. The van der Waals surface area contributed by atoms with Gasteiger partial charge in [-0.05, 0) is 19.8 Å². The molecule has 11 heteroatoms. The van der Waals surface area contributed by atoms with Gasteiger partial charge in [0.15, 0.2) is 11.7 Å². The Balaban J connectivity index is 0.00000392. The van der Waals surface area contributed by atoms with Crippen molar-refractivity contribution < 1.29 is 18.0 Å². The molecule has 1 aliphatic heterocycles. The van der Waals surface area contributed by atoms with Crippen molar-refractivity contribution in [3.8, 4) is 0 Å². The van der Waals surface area contributed by atoms with Gasteiger partial charge in [-0.15, -0.1) is 35.3 Å². The minimum Gasteiger partial charge on any atom is -0.357 e. The molecule has 1 saturated heterocycles. The summed E-state index contributed by atoms with van der Waals surface area (Å²) >= 11 is 0.951. The highest BCUT2D eigenvalue weighted by Crippen LogP contribution is 2.30. The zero-order chi connectivity index (χ0) is 20.0.